The van der Waals surface area contributed by atoms with Crippen LogP contribution in [0.4, 0.5) is 11.4 Å². The van der Waals surface area contributed by atoms with Gasteiger partial charge in [-0.2, -0.15) is 0 Å². The van der Waals surface area contributed by atoms with E-state index in [0.717, 1.165) is 34.0 Å². The summed E-state index contributed by atoms with van der Waals surface area (Å²) in [6, 6.07) is 21.1. The zero-order valence-electron chi connectivity index (χ0n) is 15.1. The van der Waals surface area contributed by atoms with Crippen molar-refractivity contribution in [3.05, 3.63) is 73.1 Å². The second-order valence-electron chi connectivity index (χ2n) is 6.57. The van der Waals surface area contributed by atoms with Gasteiger partial charge in [0.2, 0.25) is 0 Å². The summed E-state index contributed by atoms with van der Waals surface area (Å²) in [5.41, 5.74) is 4.20. The number of nitrogens with zero attached hydrogens (tertiary/aromatic N) is 3. The normalized spacial score (nSPS) is 12.2. The van der Waals surface area contributed by atoms with Crippen LogP contribution in [0.15, 0.2) is 73.1 Å². The molecule has 2 aromatic carbocycles. The predicted molar refractivity (Wildman–Crippen MR) is 110 cm³/mol. The lowest BCUT2D eigenvalue weighted by atomic mass is 10.1. The molecule has 4 heteroatoms. The molecule has 26 heavy (non-hydrogen) atoms. The van der Waals surface area contributed by atoms with Crippen molar-refractivity contribution in [2.45, 2.75) is 13.0 Å². The third kappa shape index (κ3) is 3.06. The highest BCUT2D eigenvalue weighted by atomic mass is 15.1. The Labute approximate surface area is 153 Å². The molecule has 0 fully saturated rings. The first-order chi connectivity index (χ1) is 12.7. The van der Waals surface area contributed by atoms with Crippen LogP contribution in [0, 0.1) is 0 Å². The third-order valence-electron chi connectivity index (χ3n) is 4.90. The van der Waals surface area contributed by atoms with Crippen molar-refractivity contribution in [3.63, 3.8) is 0 Å². The zero-order valence-corrected chi connectivity index (χ0v) is 15.1. The molecule has 0 aliphatic rings. The molecular formula is C22H22N4. The summed E-state index contributed by atoms with van der Waals surface area (Å²) in [5, 5.41) is 5.81. The van der Waals surface area contributed by atoms with Gasteiger partial charge in [0, 0.05) is 54.2 Å². The number of hydrogen-bond acceptors (Lipinski definition) is 4. The van der Waals surface area contributed by atoms with Gasteiger partial charge in [0.05, 0.1) is 11.0 Å². The first kappa shape index (κ1) is 16.3. The molecule has 0 saturated heterocycles. The Bertz CT molecular complexity index is 1030. The van der Waals surface area contributed by atoms with Crippen molar-refractivity contribution in [3.8, 4) is 0 Å². The molecule has 0 bridgehead atoms. The maximum atomic E-state index is 4.57. The molecule has 0 spiro atoms. The smallest absolute Gasteiger partial charge is 0.0985 e. The molecule has 4 aromatic rings. The van der Waals surface area contributed by atoms with Crippen LogP contribution in [-0.4, -0.2) is 29.6 Å². The maximum absolute atomic E-state index is 4.57. The van der Waals surface area contributed by atoms with E-state index in [1.807, 2.05) is 30.6 Å². The molecule has 1 unspecified atom stereocenters. The second kappa shape index (κ2) is 7.00. The van der Waals surface area contributed by atoms with Gasteiger partial charge in [0.25, 0.3) is 0 Å². The number of likely N-dealkylation sites (N-methyl/N-ethyl adjacent to an activating group) is 1. The number of pyridine rings is 2. The minimum atomic E-state index is 0.346. The average Bonchev–Trinajstić information content (AvgIpc) is 2.71. The number of anilines is 2. The molecule has 1 atom stereocenters. The molecular weight excluding hydrogens is 320 g/mol. The van der Waals surface area contributed by atoms with Crippen molar-refractivity contribution in [1.82, 2.24) is 9.97 Å². The van der Waals surface area contributed by atoms with Crippen LogP contribution in [0.2, 0.25) is 0 Å². The highest BCUT2D eigenvalue weighted by molar-refractivity contribution is 6.06. The summed E-state index contributed by atoms with van der Waals surface area (Å²) in [6.45, 7) is 3.06. The summed E-state index contributed by atoms with van der Waals surface area (Å²) in [4.78, 5) is 11.4. The summed E-state index contributed by atoms with van der Waals surface area (Å²) < 4.78 is 0. The molecule has 0 saturated carbocycles. The lowest BCUT2D eigenvalue weighted by Crippen LogP contribution is -2.34. The van der Waals surface area contributed by atoms with E-state index in [1.54, 1.807) is 0 Å². The second-order valence-corrected chi connectivity index (χ2v) is 6.57. The number of rotatable bonds is 5. The van der Waals surface area contributed by atoms with Gasteiger partial charge in [-0.1, -0.05) is 30.3 Å². The van der Waals surface area contributed by atoms with E-state index >= 15 is 0 Å². The van der Waals surface area contributed by atoms with Crippen LogP contribution in [0.1, 0.15) is 6.92 Å². The van der Waals surface area contributed by atoms with Crippen LogP contribution in [-0.2, 0) is 0 Å². The number of nitrogens with one attached hydrogen (secondary N) is 1. The quantitative estimate of drug-likeness (QED) is 0.533. The Kier molecular flexibility index (Phi) is 4.40. The van der Waals surface area contributed by atoms with E-state index in [4.69, 9.17) is 0 Å². The summed E-state index contributed by atoms with van der Waals surface area (Å²) >= 11 is 0. The summed E-state index contributed by atoms with van der Waals surface area (Å²) in [5.74, 6) is 0. The maximum Gasteiger partial charge on any atom is 0.0985 e. The Balaban J connectivity index is 1.58. The number of para-hydroxylation sites is 1. The van der Waals surface area contributed by atoms with Crippen LogP contribution in [0.5, 0.6) is 0 Å². The van der Waals surface area contributed by atoms with Crippen molar-refractivity contribution >= 4 is 33.2 Å². The van der Waals surface area contributed by atoms with Gasteiger partial charge in [-0.25, -0.2) is 0 Å². The molecule has 0 aliphatic carbocycles. The monoisotopic (exact) mass is 342 g/mol. The zero-order chi connectivity index (χ0) is 17.9. The first-order valence-electron chi connectivity index (χ1n) is 8.88. The van der Waals surface area contributed by atoms with Crippen LogP contribution in [0.25, 0.3) is 21.8 Å². The SMILES string of the molecule is CC(CNc1ccnc2c1ccc1cccnc12)N(C)c1ccccc1. The van der Waals surface area contributed by atoms with Crippen LogP contribution < -0.4 is 10.2 Å². The highest BCUT2D eigenvalue weighted by Crippen LogP contribution is 2.27. The van der Waals surface area contributed by atoms with E-state index in [0.29, 0.717) is 6.04 Å². The predicted octanol–water partition coefficient (Wildman–Crippen LogP) is 4.72. The van der Waals surface area contributed by atoms with E-state index in [-0.39, 0.29) is 0 Å². The molecule has 2 heterocycles. The Hall–Kier alpha value is -3.14. The molecule has 0 amide bonds. The standard InChI is InChI=1S/C22H22N4/c1-16(26(2)18-8-4-3-5-9-18)15-25-20-12-14-24-22-19(20)11-10-17-7-6-13-23-21(17)22/h3-14,16H,15H2,1-2H3,(H,24,25). The Morgan fingerprint density at radius 2 is 1.69 bits per heavy atom. The molecule has 0 aliphatic heterocycles. The molecule has 130 valence electrons. The number of hydrogen-bond donors (Lipinski definition) is 1. The minimum Gasteiger partial charge on any atom is -0.382 e. The van der Waals surface area contributed by atoms with Crippen molar-refractivity contribution < 1.29 is 0 Å². The van der Waals surface area contributed by atoms with Crippen molar-refractivity contribution in [2.75, 3.05) is 23.8 Å². The van der Waals surface area contributed by atoms with Crippen LogP contribution >= 0.6 is 0 Å². The minimum absolute atomic E-state index is 0.346. The Morgan fingerprint density at radius 3 is 2.54 bits per heavy atom. The van der Waals surface area contributed by atoms with E-state index < -0.39 is 0 Å². The van der Waals surface area contributed by atoms with E-state index in [2.05, 4.69) is 76.6 Å². The van der Waals surface area contributed by atoms with E-state index in [1.165, 1.54) is 5.69 Å². The lowest BCUT2D eigenvalue weighted by Gasteiger charge is -2.27. The van der Waals surface area contributed by atoms with Gasteiger partial charge in [0.1, 0.15) is 0 Å². The molecule has 2 aromatic heterocycles. The fourth-order valence-corrected chi connectivity index (χ4v) is 3.22. The van der Waals surface area contributed by atoms with E-state index in [9.17, 15) is 0 Å². The largest absolute Gasteiger partial charge is 0.382 e. The lowest BCUT2D eigenvalue weighted by molar-refractivity contribution is 0.717. The molecule has 4 nitrogen and oxygen atoms in total. The first-order valence-corrected chi connectivity index (χ1v) is 8.88. The topological polar surface area (TPSA) is 41.1 Å². The Morgan fingerprint density at radius 1 is 0.885 bits per heavy atom. The molecule has 0 radical (unpaired) electrons. The number of aromatic nitrogens is 2. The van der Waals surface area contributed by atoms with Gasteiger partial charge in [-0.05, 0) is 37.3 Å². The number of benzene rings is 2. The number of fused-ring (bicyclic) bond motifs is 3. The van der Waals surface area contributed by atoms with Gasteiger partial charge >= 0.3 is 0 Å². The fraction of sp³-hybridized carbons (Fsp3) is 0.182. The fourth-order valence-electron chi connectivity index (χ4n) is 3.22. The average molecular weight is 342 g/mol. The van der Waals surface area contributed by atoms with Gasteiger partial charge in [-0.3, -0.25) is 9.97 Å². The third-order valence-corrected chi connectivity index (χ3v) is 4.90. The van der Waals surface area contributed by atoms with Crippen molar-refractivity contribution in [2.24, 2.45) is 0 Å². The molecule has 4 rings (SSSR count). The summed E-state index contributed by atoms with van der Waals surface area (Å²) in [6.07, 6.45) is 3.67. The van der Waals surface area contributed by atoms with Crippen LogP contribution in [0.3, 0.4) is 0 Å². The van der Waals surface area contributed by atoms with Gasteiger partial charge in [-0.15, -0.1) is 0 Å². The molecule has 1 N–H and O–H groups in total. The summed E-state index contributed by atoms with van der Waals surface area (Å²) in [7, 11) is 2.13. The van der Waals surface area contributed by atoms with Crippen molar-refractivity contribution in [1.29, 1.82) is 0 Å². The van der Waals surface area contributed by atoms with Gasteiger partial charge < -0.3 is 10.2 Å². The highest BCUT2D eigenvalue weighted by Gasteiger charge is 2.11. The van der Waals surface area contributed by atoms with Gasteiger partial charge in [0.15, 0.2) is 0 Å².